The predicted octanol–water partition coefficient (Wildman–Crippen LogP) is -0.650. The van der Waals surface area contributed by atoms with Crippen LogP contribution in [0.15, 0.2) is 12.4 Å². The van der Waals surface area contributed by atoms with E-state index in [0.29, 0.717) is 0 Å². The summed E-state index contributed by atoms with van der Waals surface area (Å²) in [5.41, 5.74) is 0.298. The molecular formula is C10H23LiN2. The molecule has 0 aliphatic heterocycles. The monoisotopic (exact) mass is 178 g/mol. The van der Waals surface area contributed by atoms with Gasteiger partial charge in [0.05, 0.1) is 0 Å². The Hall–Kier alpha value is -0.0626. The van der Waals surface area contributed by atoms with Crippen LogP contribution in [0.25, 0.3) is 0 Å². The third kappa shape index (κ3) is 14.8. The quantitative estimate of drug-likeness (QED) is 0.549. The van der Waals surface area contributed by atoms with Gasteiger partial charge in [-0.15, -0.1) is 0 Å². The molecule has 13 heavy (non-hydrogen) atoms. The van der Waals surface area contributed by atoms with Gasteiger partial charge in [0.25, 0.3) is 0 Å². The Morgan fingerprint density at radius 3 is 1.15 bits per heavy atom. The first-order chi connectivity index (χ1) is 5.21. The molecule has 0 atom stereocenters. The van der Waals surface area contributed by atoms with Crippen molar-refractivity contribution in [2.45, 2.75) is 52.6 Å². The number of rotatable bonds is 2. The van der Waals surface area contributed by atoms with Gasteiger partial charge in [-0.2, -0.15) is 0 Å². The Labute approximate surface area is 96.2 Å². The summed E-state index contributed by atoms with van der Waals surface area (Å²) in [6, 6.07) is 0. The van der Waals surface area contributed by atoms with Gasteiger partial charge in [-0.3, -0.25) is 0 Å². The SMILES string of the molecule is CC(C)(C)NC=CNC(C)(C)C.[H-].[Li+]. The van der Waals surface area contributed by atoms with E-state index < -0.39 is 0 Å². The van der Waals surface area contributed by atoms with Crippen LogP contribution in [0.4, 0.5) is 0 Å². The van der Waals surface area contributed by atoms with Gasteiger partial charge >= 0.3 is 18.9 Å². The molecule has 3 heteroatoms. The molecule has 0 aliphatic carbocycles. The largest absolute Gasteiger partial charge is 1.00 e. The van der Waals surface area contributed by atoms with Crippen molar-refractivity contribution in [1.29, 1.82) is 0 Å². The van der Waals surface area contributed by atoms with Gasteiger partial charge in [-0.05, 0) is 41.5 Å². The van der Waals surface area contributed by atoms with E-state index >= 15 is 0 Å². The fraction of sp³-hybridized carbons (Fsp3) is 0.800. The molecule has 0 fully saturated rings. The van der Waals surface area contributed by atoms with Crippen LogP contribution < -0.4 is 29.5 Å². The summed E-state index contributed by atoms with van der Waals surface area (Å²) in [7, 11) is 0. The van der Waals surface area contributed by atoms with Crippen molar-refractivity contribution in [3.63, 3.8) is 0 Å². The normalized spacial score (nSPS) is 12.5. The van der Waals surface area contributed by atoms with Crippen LogP contribution >= 0.6 is 0 Å². The zero-order valence-corrected chi connectivity index (χ0v) is 10.2. The molecule has 0 unspecified atom stereocenters. The minimum Gasteiger partial charge on any atom is -1.00 e. The van der Waals surface area contributed by atoms with Gasteiger partial charge < -0.3 is 12.1 Å². The maximum atomic E-state index is 3.25. The molecule has 0 amide bonds. The van der Waals surface area contributed by atoms with E-state index in [1.807, 2.05) is 12.4 Å². The molecule has 0 spiro atoms. The van der Waals surface area contributed by atoms with Crippen molar-refractivity contribution in [2.75, 3.05) is 0 Å². The van der Waals surface area contributed by atoms with E-state index in [0.717, 1.165) is 0 Å². The molecule has 0 aromatic rings. The van der Waals surface area contributed by atoms with Crippen LogP contribution in [-0.4, -0.2) is 11.1 Å². The second kappa shape index (κ2) is 5.62. The molecule has 0 radical (unpaired) electrons. The molecule has 2 nitrogen and oxygen atoms in total. The molecule has 74 valence electrons. The van der Waals surface area contributed by atoms with Crippen LogP contribution in [0.2, 0.25) is 0 Å². The van der Waals surface area contributed by atoms with E-state index in [1.54, 1.807) is 0 Å². The van der Waals surface area contributed by atoms with Crippen LogP contribution in [0, 0.1) is 0 Å². The van der Waals surface area contributed by atoms with E-state index in [1.165, 1.54) is 0 Å². The summed E-state index contributed by atoms with van der Waals surface area (Å²) in [6.45, 7) is 12.8. The molecule has 0 aromatic heterocycles. The fourth-order valence-electron chi connectivity index (χ4n) is 0.583. The van der Waals surface area contributed by atoms with E-state index in [9.17, 15) is 0 Å². The Balaban J connectivity index is -0.000000605. The van der Waals surface area contributed by atoms with Crippen molar-refractivity contribution in [1.82, 2.24) is 10.6 Å². The summed E-state index contributed by atoms with van der Waals surface area (Å²) in [4.78, 5) is 0. The first-order valence-electron chi connectivity index (χ1n) is 4.41. The summed E-state index contributed by atoms with van der Waals surface area (Å²) in [6.07, 6.45) is 3.90. The Bertz CT molecular complexity index is 138. The molecule has 0 saturated carbocycles. The van der Waals surface area contributed by atoms with Crippen molar-refractivity contribution in [3.8, 4) is 0 Å². The van der Waals surface area contributed by atoms with Gasteiger partial charge in [0.1, 0.15) is 0 Å². The molecular weight excluding hydrogens is 155 g/mol. The number of hydrogen-bond acceptors (Lipinski definition) is 2. The van der Waals surface area contributed by atoms with Gasteiger partial charge in [0.2, 0.25) is 0 Å². The van der Waals surface area contributed by atoms with E-state index in [4.69, 9.17) is 0 Å². The van der Waals surface area contributed by atoms with Crippen LogP contribution in [-0.2, 0) is 0 Å². The van der Waals surface area contributed by atoms with Gasteiger partial charge in [0, 0.05) is 23.5 Å². The van der Waals surface area contributed by atoms with Gasteiger partial charge in [-0.1, -0.05) is 0 Å². The second-order valence-electron chi connectivity index (χ2n) is 5.12. The fourth-order valence-corrected chi connectivity index (χ4v) is 0.583. The molecule has 0 bridgehead atoms. The Morgan fingerprint density at radius 2 is 1.00 bits per heavy atom. The summed E-state index contributed by atoms with van der Waals surface area (Å²) >= 11 is 0. The first kappa shape index (κ1) is 15.4. The zero-order chi connectivity index (χ0) is 9.83. The van der Waals surface area contributed by atoms with Gasteiger partial charge in [0.15, 0.2) is 0 Å². The summed E-state index contributed by atoms with van der Waals surface area (Å²) < 4.78 is 0. The third-order valence-corrected chi connectivity index (χ3v) is 1.12. The molecule has 0 heterocycles. The average molecular weight is 178 g/mol. The summed E-state index contributed by atoms with van der Waals surface area (Å²) in [5, 5.41) is 6.50. The molecule has 0 rings (SSSR count). The second-order valence-corrected chi connectivity index (χ2v) is 5.12. The predicted molar refractivity (Wildman–Crippen MR) is 56.0 cm³/mol. The topological polar surface area (TPSA) is 24.1 Å². The first-order valence-corrected chi connectivity index (χ1v) is 4.41. The molecule has 0 saturated heterocycles. The van der Waals surface area contributed by atoms with Crippen LogP contribution in [0.3, 0.4) is 0 Å². The van der Waals surface area contributed by atoms with E-state index in [-0.39, 0.29) is 31.4 Å². The molecule has 2 N–H and O–H groups in total. The minimum atomic E-state index is 0. The van der Waals surface area contributed by atoms with Gasteiger partial charge in [-0.25, -0.2) is 0 Å². The van der Waals surface area contributed by atoms with Crippen LogP contribution in [0.1, 0.15) is 43.0 Å². The van der Waals surface area contributed by atoms with Crippen molar-refractivity contribution >= 4 is 0 Å². The molecule has 0 aromatic carbocycles. The number of hydrogen-bond donors (Lipinski definition) is 2. The average Bonchev–Trinajstić information content (AvgIpc) is 1.76. The van der Waals surface area contributed by atoms with E-state index in [2.05, 4.69) is 52.2 Å². The molecule has 0 aliphatic rings. The summed E-state index contributed by atoms with van der Waals surface area (Å²) in [5.74, 6) is 0. The Morgan fingerprint density at radius 1 is 0.769 bits per heavy atom. The maximum absolute atomic E-state index is 3.25. The third-order valence-electron chi connectivity index (χ3n) is 1.12. The van der Waals surface area contributed by atoms with Crippen LogP contribution in [0.5, 0.6) is 0 Å². The zero-order valence-electron chi connectivity index (χ0n) is 11.2. The number of nitrogens with one attached hydrogen (secondary N) is 2. The minimum absolute atomic E-state index is 0. The van der Waals surface area contributed by atoms with Crippen molar-refractivity contribution in [2.24, 2.45) is 0 Å². The maximum Gasteiger partial charge on any atom is 1.00 e. The Kier molecular flexibility index (Phi) is 6.66. The van der Waals surface area contributed by atoms with Crippen molar-refractivity contribution < 1.29 is 20.3 Å². The smallest absolute Gasteiger partial charge is 1.00 e. The standard InChI is InChI=1S/C10H22N2.Li.H/c1-9(2,3)11-7-8-12-10(4,5)6;;/h7-8,11-12H,1-6H3;;/q;+1;-1. The van der Waals surface area contributed by atoms with Crippen molar-refractivity contribution in [3.05, 3.63) is 12.4 Å².